The minimum Gasteiger partial charge on any atom is -0.481 e. The highest BCUT2D eigenvalue weighted by atomic mass is 16.4. The van der Waals surface area contributed by atoms with E-state index in [1.165, 1.54) is 0 Å². The maximum absolute atomic E-state index is 10.9. The number of hydrogen-bond donors (Lipinski definition) is 1. The molecule has 0 saturated heterocycles. The standard InChI is InChI=1S/C14H13NO2/c16-13(17)8-14(5-6-14)11-7-10-3-1-2-4-12(10)15-9-11/h1-4,7,9H,5-6,8H2,(H,16,17). The third-order valence-electron chi connectivity index (χ3n) is 3.55. The number of rotatable bonds is 3. The molecule has 1 N–H and O–H groups in total. The Morgan fingerprint density at radius 3 is 2.82 bits per heavy atom. The van der Waals surface area contributed by atoms with Gasteiger partial charge in [-0.15, -0.1) is 0 Å². The summed E-state index contributed by atoms with van der Waals surface area (Å²) in [5.74, 6) is -0.726. The van der Waals surface area contributed by atoms with Gasteiger partial charge >= 0.3 is 5.97 Å². The Kier molecular flexibility index (Phi) is 2.15. The van der Waals surface area contributed by atoms with Gasteiger partial charge in [0.15, 0.2) is 0 Å². The highest BCUT2D eigenvalue weighted by Gasteiger charge is 2.46. The van der Waals surface area contributed by atoms with E-state index >= 15 is 0 Å². The predicted molar refractivity (Wildman–Crippen MR) is 64.9 cm³/mol. The van der Waals surface area contributed by atoms with Gasteiger partial charge in [0.2, 0.25) is 0 Å². The summed E-state index contributed by atoms with van der Waals surface area (Å²) in [6.07, 6.45) is 3.96. The fourth-order valence-corrected chi connectivity index (χ4v) is 2.37. The Morgan fingerprint density at radius 2 is 2.12 bits per heavy atom. The number of carboxylic acid groups (broad SMARTS) is 1. The lowest BCUT2D eigenvalue weighted by Crippen LogP contribution is -2.13. The van der Waals surface area contributed by atoms with Crippen LogP contribution in [0, 0.1) is 0 Å². The van der Waals surface area contributed by atoms with Gasteiger partial charge in [-0.2, -0.15) is 0 Å². The Labute approximate surface area is 99.1 Å². The lowest BCUT2D eigenvalue weighted by molar-refractivity contribution is -0.137. The van der Waals surface area contributed by atoms with Crippen molar-refractivity contribution < 1.29 is 9.90 Å². The summed E-state index contributed by atoms with van der Waals surface area (Å²) in [5, 5.41) is 10.0. The van der Waals surface area contributed by atoms with Crippen molar-refractivity contribution in [3.8, 4) is 0 Å². The van der Waals surface area contributed by atoms with Gasteiger partial charge in [-0.3, -0.25) is 9.78 Å². The number of para-hydroxylation sites is 1. The summed E-state index contributed by atoms with van der Waals surface area (Å²) in [5.41, 5.74) is 1.88. The summed E-state index contributed by atoms with van der Waals surface area (Å²) in [7, 11) is 0. The molecule has 0 unspecified atom stereocenters. The number of pyridine rings is 1. The summed E-state index contributed by atoms with van der Waals surface area (Å²) in [6, 6.07) is 10.0. The number of nitrogens with zero attached hydrogens (tertiary/aromatic N) is 1. The minimum absolute atomic E-state index is 0.150. The zero-order chi connectivity index (χ0) is 11.9. The molecule has 1 aromatic heterocycles. The number of hydrogen-bond acceptors (Lipinski definition) is 2. The third-order valence-corrected chi connectivity index (χ3v) is 3.55. The van der Waals surface area contributed by atoms with E-state index in [0.717, 1.165) is 29.3 Å². The summed E-state index contributed by atoms with van der Waals surface area (Å²) >= 11 is 0. The fraction of sp³-hybridized carbons (Fsp3) is 0.286. The zero-order valence-electron chi connectivity index (χ0n) is 9.39. The number of carboxylic acids is 1. The Balaban J connectivity index is 2.03. The van der Waals surface area contributed by atoms with E-state index in [2.05, 4.69) is 11.1 Å². The molecular formula is C14H13NO2. The molecule has 1 saturated carbocycles. The molecule has 1 heterocycles. The van der Waals surface area contributed by atoms with Crippen molar-refractivity contribution in [2.24, 2.45) is 0 Å². The normalized spacial score (nSPS) is 16.9. The molecule has 1 aromatic carbocycles. The third kappa shape index (κ3) is 1.78. The first kappa shape index (κ1) is 10.3. The highest BCUT2D eigenvalue weighted by Crippen LogP contribution is 2.51. The second kappa shape index (κ2) is 3.55. The first-order chi connectivity index (χ1) is 8.20. The molecule has 0 spiro atoms. The topological polar surface area (TPSA) is 50.2 Å². The molecule has 3 rings (SSSR count). The molecule has 86 valence electrons. The fourth-order valence-electron chi connectivity index (χ4n) is 2.37. The molecule has 3 nitrogen and oxygen atoms in total. The van der Waals surface area contributed by atoms with Crippen LogP contribution in [0.2, 0.25) is 0 Å². The van der Waals surface area contributed by atoms with Crippen LogP contribution in [0.5, 0.6) is 0 Å². The minimum atomic E-state index is -0.726. The van der Waals surface area contributed by atoms with Gasteiger partial charge in [0, 0.05) is 17.0 Å². The number of fused-ring (bicyclic) bond motifs is 1. The first-order valence-corrected chi connectivity index (χ1v) is 5.77. The summed E-state index contributed by atoms with van der Waals surface area (Å²) in [6.45, 7) is 0. The summed E-state index contributed by atoms with van der Waals surface area (Å²) < 4.78 is 0. The summed E-state index contributed by atoms with van der Waals surface area (Å²) in [4.78, 5) is 15.3. The van der Waals surface area contributed by atoms with Crippen molar-refractivity contribution in [2.45, 2.75) is 24.7 Å². The van der Waals surface area contributed by atoms with Crippen LogP contribution in [-0.4, -0.2) is 16.1 Å². The molecule has 1 aliphatic carbocycles. The molecule has 0 amide bonds. The maximum Gasteiger partial charge on any atom is 0.304 e. The maximum atomic E-state index is 10.9. The van der Waals surface area contributed by atoms with Gasteiger partial charge < -0.3 is 5.11 Å². The molecule has 3 heteroatoms. The quantitative estimate of drug-likeness (QED) is 0.877. The molecule has 1 aliphatic rings. The van der Waals surface area contributed by atoms with Crippen molar-refractivity contribution in [2.75, 3.05) is 0 Å². The van der Waals surface area contributed by atoms with Crippen LogP contribution in [0.25, 0.3) is 10.9 Å². The van der Waals surface area contributed by atoms with E-state index in [4.69, 9.17) is 5.11 Å². The van der Waals surface area contributed by atoms with Crippen LogP contribution in [0.3, 0.4) is 0 Å². The first-order valence-electron chi connectivity index (χ1n) is 5.77. The zero-order valence-corrected chi connectivity index (χ0v) is 9.39. The number of carbonyl (C=O) groups is 1. The molecule has 1 fully saturated rings. The molecular weight excluding hydrogens is 214 g/mol. The predicted octanol–water partition coefficient (Wildman–Crippen LogP) is 2.74. The molecule has 0 atom stereocenters. The molecule has 0 aliphatic heterocycles. The lowest BCUT2D eigenvalue weighted by Gasteiger charge is -2.13. The highest BCUT2D eigenvalue weighted by molar-refractivity contribution is 5.79. The number of benzene rings is 1. The van der Waals surface area contributed by atoms with Crippen LogP contribution >= 0.6 is 0 Å². The average molecular weight is 227 g/mol. The Hall–Kier alpha value is -1.90. The largest absolute Gasteiger partial charge is 0.481 e. The molecule has 2 aromatic rings. The Morgan fingerprint density at radius 1 is 1.35 bits per heavy atom. The van der Waals surface area contributed by atoms with Gasteiger partial charge in [-0.25, -0.2) is 0 Å². The monoisotopic (exact) mass is 227 g/mol. The van der Waals surface area contributed by atoms with Gasteiger partial charge in [0.25, 0.3) is 0 Å². The van der Waals surface area contributed by atoms with Crippen LogP contribution in [-0.2, 0) is 10.2 Å². The van der Waals surface area contributed by atoms with Crippen molar-refractivity contribution >= 4 is 16.9 Å². The van der Waals surface area contributed by atoms with Gasteiger partial charge in [-0.1, -0.05) is 18.2 Å². The molecule has 17 heavy (non-hydrogen) atoms. The van der Waals surface area contributed by atoms with E-state index < -0.39 is 5.97 Å². The van der Waals surface area contributed by atoms with Crippen molar-refractivity contribution in [3.63, 3.8) is 0 Å². The number of aromatic nitrogens is 1. The van der Waals surface area contributed by atoms with Crippen LogP contribution in [0.15, 0.2) is 36.5 Å². The van der Waals surface area contributed by atoms with Crippen molar-refractivity contribution in [3.05, 3.63) is 42.1 Å². The van der Waals surface area contributed by atoms with Gasteiger partial charge in [0.05, 0.1) is 11.9 Å². The molecule has 0 radical (unpaired) electrons. The smallest absolute Gasteiger partial charge is 0.304 e. The van der Waals surface area contributed by atoms with Crippen LogP contribution < -0.4 is 0 Å². The molecule has 0 bridgehead atoms. The second-order valence-corrected chi connectivity index (χ2v) is 4.77. The van der Waals surface area contributed by atoms with E-state index in [-0.39, 0.29) is 11.8 Å². The van der Waals surface area contributed by atoms with E-state index in [1.54, 1.807) is 0 Å². The van der Waals surface area contributed by atoms with Crippen LogP contribution in [0.1, 0.15) is 24.8 Å². The lowest BCUT2D eigenvalue weighted by atomic mass is 9.93. The number of aliphatic carboxylic acids is 1. The van der Waals surface area contributed by atoms with E-state index in [9.17, 15) is 4.79 Å². The van der Waals surface area contributed by atoms with Gasteiger partial charge in [0.1, 0.15) is 0 Å². The van der Waals surface area contributed by atoms with E-state index in [0.29, 0.717) is 0 Å². The van der Waals surface area contributed by atoms with Gasteiger partial charge in [-0.05, 0) is 30.5 Å². The SMILES string of the molecule is O=C(O)CC1(c2cnc3ccccc3c2)CC1. The van der Waals surface area contributed by atoms with Crippen LogP contribution in [0.4, 0.5) is 0 Å². The second-order valence-electron chi connectivity index (χ2n) is 4.77. The average Bonchev–Trinajstić information content (AvgIpc) is 3.08. The van der Waals surface area contributed by atoms with Crippen molar-refractivity contribution in [1.29, 1.82) is 0 Å². The Bertz CT molecular complexity index is 588. The van der Waals surface area contributed by atoms with E-state index in [1.807, 2.05) is 30.5 Å². The van der Waals surface area contributed by atoms with Crippen molar-refractivity contribution in [1.82, 2.24) is 4.98 Å².